The number of rotatable bonds is 5. The van der Waals surface area contributed by atoms with Gasteiger partial charge in [0.2, 0.25) is 0 Å². The molecule has 0 amide bonds. The SMILES string of the molecule is CN1CCCC1CN(C)C(CN)c1cc2ccccc2o1. The van der Waals surface area contributed by atoms with Gasteiger partial charge >= 0.3 is 0 Å². The van der Waals surface area contributed by atoms with E-state index in [-0.39, 0.29) is 6.04 Å². The second-order valence-electron chi connectivity index (χ2n) is 6.15. The van der Waals surface area contributed by atoms with E-state index in [4.69, 9.17) is 10.2 Å². The number of furan rings is 1. The van der Waals surface area contributed by atoms with Crippen LogP contribution in [0.1, 0.15) is 24.6 Å². The average Bonchev–Trinajstić information content (AvgIpc) is 3.06. The normalized spacial score (nSPS) is 21.4. The van der Waals surface area contributed by atoms with Gasteiger partial charge in [-0.3, -0.25) is 4.90 Å². The molecule has 1 aromatic heterocycles. The molecule has 0 spiro atoms. The monoisotopic (exact) mass is 287 g/mol. The van der Waals surface area contributed by atoms with Gasteiger partial charge in [0.05, 0.1) is 6.04 Å². The molecule has 1 saturated heterocycles. The van der Waals surface area contributed by atoms with Gasteiger partial charge in [-0.1, -0.05) is 18.2 Å². The first-order valence-corrected chi connectivity index (χ1v) is 7.78. The Morgan fingerprint density at radius 2 is 2.24 bits per heavy atom. The van der Waals surface area contributed by atoms with E-state index in [0.29, 0.717) is 12.6 Å². The third kappa shape index (κ3) is 2.98. The van der Waals surface area contributed by atoms with Crippen molar-refractivity contribution < 1.29 is 4.42 Å². The van der Waals surface area contributed by atoms with Crippen molar-refractivity contribution in [1.82, 2.24) is 9.80 Å². The van der Waals surface area contributed by atoms with Crippen molar-refractivity contribution in [2.75, 3.05) is 33.7 Å². The summed E-state index contributed by atoms with van der Waals surface area (Å²) in [5, 5.41) is 1.15. The summed E-state index contributed by atoms with van der Waals surface area (Å²) in [6, 6.07) is 11.0. The Morgan fingerprint density at radius 1 is 1.43 bits per heavy atom. The maximum Gasteiger partial charge on any atom is 0.134 e. The summed E-state index contributed by atoms with van der Waals surface area (Å²) in [4.78, 5) is 4.78. The number of fused-ring (bicyclic) bond motifs is 1. The minimum atomic E-state index is 0.145. The molecule has 2 N–H and O–H groups in total. The van der Waals surface area contributed by atoms with E-state index in [1.165, 1.54) is 19.4 Å². The first-order valence-electron chi connectivity index (χ1n) is 7.78. The molecule has 3 rings (SSSR count). The van der Waals surface area contributed by atoms with E-state index in [1.807, 2.05) is 18.2 Å². The van der Waals surface area contributed by atoms with E-state index >= 15 is 0 Å². The second-order valence-corrected chi connectivity index (χ2v) is 6.15. The summed E-state index contributed by atoms with van der Waals surface area (Å²) in [6.45, 7) is 2.82. The van der Waals surface area contributed by atoms with E-state index in [1.54, 1.807) is 0 Å². The third-order valence-electron chi connectivity index (χ3n) is 4.70. The van der Waals surface area contributed by atoms with Crippen LogP contribution >= 0.6 is 0 Å². The van der Waals surface area contributed by atoms with Crippen LogP contribution in [-0.2, 0) is 0 Å². The second kappa shape index (κ2) is 6.18. The first kappa shape index (κ1) is 14.6. The maximum atomic E-state index is 6.02. The molecular formula is C17H25N3O. The van der Waals surface area contributed by atoms with E-state index in [2.05, 4.69) is 36.0 Å². The van der Waals surface area contributed by atoms with Gasteiger partial charge in [-0.15, -0.1) is 0 Å². The minimum absolute atomic E-state index is 0.145. The fourth-order valence-corrected chi connectivity index (χ4v) is 3.35. The zero-order chi connectivity index (χ0) is 14.8. The Kier molecular flexibility index (Phi) is 4.29. The first-order chi connectivity index (χ1) is 10.2. The molecule has 2 unspecified atom stereocenters. The van der Waals surface area contributed by atoms with E-state index < -0.39 is 0 Å². The van der Waals surface area contributed by atoms with Gasteiger partial charge < -0.3 is 15.1 Å². The summed E-state index contributed by atoms with van der Waals surface area (Å²) < 4.78 is 6.00. The lowest BCUT2D eigenvalue weighted by atomic mass is 10.1. The maximum absolute atomic E-state index is 6.02. The smallest absolute Gasteiger partial charge is 0.134 e. The van der Waals surface area contributed by atoms with Gasteiger partial charge in [0.1, 0.15) is 11.3 Å². The molecule has 4 heteroatoms. The molecule has 1 fully saturated rings. The average molecular weight is 287 g/mol. The molecule has 1 aliphatic rings. The van der Waals surface area contributed by atoms with Gasteiger partial charge in [-0.25, -0.2) is 0 Å². The van der Waals surface area contributed by atoms with Crippen LogP contribution in [0.5, 0.6) is 0 Å². The van der Waals surface area contributed by atoms with Gasteiger partial charge in [0.15, 0.2) is 0 Å². The quantitative estimate of drug-likeness (QED) is 0.917. The van der Waals surface area contributed by atoms with Crippen LogP contribution in [0.25, 0.3) is 11.0 Å². The predicted molar refractivity (Wildman–Crippen MR) is 86.3 cm³/mol. The summed E-state index contributed by atoms with van der Waals surface area (Å²) in [7, 11) is 4.36. The van der Waals surface area contributed by atoms with Gasteiger partial charge in [0, 0.05) is 24.5 Å². The number of likely N-dealkylation sites (N-methyl/N-ethyl adjacent to an activating group) is 2. The lowest BCUT2D eigenvalue weighted by molar-refractivity contribution is 0.166. The molecule has 0 saturated carbocycles. The number of nitrogens with zero attached hydrogens (tertiary/aromatic N) is 2. The molecule has 0 aliphatic carbocycles. The highest BCUT2D eigenvalue weighted by atomic mass is 16.3. The molecule has 4 nitrogen and oxygen atoms in total. The van der Waals surface area contributed by atoms with Crippen molar-refractivity contribution in [2.45, 2.75) is 24.9 Å². The van der Waals surface area contributed by atoms with Crippen molar-refractivity contribution >= 4 is 11.0 Å². The molecule has 0 radical (unpaired) electrons. The topological polar surface area (TPSA) is 45.6 Å². The zero-order valence-corrected chi connectivity index (χ0v) is 13.0. The Labute approximate surface area is 126 Å². The Bertz CT molecular complexity index is 561. The molecule has 2 atom stereocenters. The van der Waals surface area contributed by atoms with Gasteiger partial charge in [0.25, 0.3) is 0 Å². The van der Waals surface area contributed by atoms with Crippen molar-refractivity contribution in [3.05, 3.63) is 36.1 Å². The molecule has 21 heavy (non-hydrogen) atoms. The Hall–Kier alpha value is -1.36. The fourth-order valence-electron chi connectivity index (χ4n) is 3.35. The molecule has 114 valence electrons. The van der Waals surface area contributed by atoms with Crippen molar-refractivity contribution in [3.8, 4) is 0 Å². The van der Waals surface area contributed by atoms with Crippen molar-refractivity contribution in [2.24, 2.45) is 5.73 Å². The number of likely N-dealkylation sites (tertiary alicyclic amines) is 1. The van der Waals surface area contributed by atoms with E-state index in [0.717, 1.165) is 23.3 Å². The largest absolute Gasteiger partial charge is 0.459 e. The molecular weight excluding hydrogens is 262 g/mol. The highest BCUT2D eigenvalue weighted by Crippen LogP contribution is 2.27. The predicted octanol–water partition coefficient (Wildman–Crippen LogP) is 2.46. The summed E-state index contributed by atoms with van der Waals surface area (Å²) in [5.41, 5.74) is 6.96. The standard InChI is InChI=1S/C17H25N3O/c1-19-9-5-7-14(19)12-20(2)15(11-18)17-10-13-6-3-4-8-16(13)21-17/h3-4,6,8,10,14-15H,5,7,9,11-12,18H2,1-2H3. The van der Waals surface area contributed by atoms with Crippen molar-refractivity contribution in [1.29, 1.82) is 0 Å². The lowest BCUT2D eigenvalue weighted by Crippen LogP contribution is -2.40. The van der Waals surface area contributed by atoms with Crippen LogP contribution < -0.4 is 5.73 Å². The highest BCUT2D eigenvalue weighted by Gasteiger charge is 2.26. The molecule has 2 aromatic rings. The zero-order valence-electron chi connectivity index (χ0n) is 13.0. The minimum Gasteiger partial charge on any atom is -0.459 e. The fraction of sp³-hybridized carbons (Fsp3) is 0.529. The summed E-state index contributed by atoms with van der Waals surface area (Å²) >= 11 is 0. The number of para-hydroxylation sites is 1. The lowest BCUT2D eigenvalue weighted by Gasteiger charge is -2.30. The highest BCUT2D eigenvalue weighted by molar-refractivity contribution is 5.77. The van der Waals surface area contributed by atoms with Crippen LogP contribution in [0, 0.1) is 0 Å². The van der Waals surface area contributed by atoms with Crippen LogP contribution in [0.15, 0.2) is 34.7 Å². The Balaban J connectivity index is 1.76. The van der Waals surface area contributed by atoms with Crippen LogP contribution in [0.4, 0.5) is 0 Å². The summed E-state index contributed by atoms with van der Waals surface area (Å²) in [5.74, 6) is 0.974. The van der Waals surface area contributed by atoms with E-state index in [9.17, 15) is 0 Å². The number of nitrogens with two attached hydrogens (primary N) is 1. The van der Waals surface area contributed by atoms with Gasteiger partial charge in [-0.2, -0.15) is 0 Å². The van der Waals surface area contributed by atoms with Crippen LogP contribution in [0.2, 0.25) is 0 Å². The summed E-state index contributed by atoms with van der Waals surface area (Å²) in [6.07, 6.45) is 2.57. The molecule has 1 aliphatic heterocycles. The Morgan fingerprint density at radius 3 is 2.90 bits per heavy atom. The molecule has 2 heterocycles. The number of hydrogen-bond acceptors (Lipinski definition) is 4. The van der Waals surface area contributed by atoms with Crippen molar-refractivity contribution in [3.63, 3.8) is 0 Å². The van der Waals surface area contributed by atoms with Crippen LogP contribution in [-0.4, -0.2) is 49.6 Å². The number of benzene rings is 1. The van der Waals surface area contributed by atoms with Crippen LogP contribution in [0.3, 0.4) is 0 Å². The molecule has 0 bridgehead atoms. The van der Waals surface area contributed by atoms with Gasteiger partial charge in [-0.05, 0) is 45.6 Å². The third-order valence-corrected chi connectivity index (χ3v) is 4.70. The number of hydrogen-bond donors (Lipinski definition) is 1. The molecule has 1 aromatic carbocycles.